The average molecular weight is 420 g/mol. The summed E-state index contributed by atoms with van der Waals surface area (Å²) in [7, 11) is 0. The van der Waals surface area contributed by atoms with Gasteiger partial charge < -0.3 is 15.3 Å². The number of hydrogen-bond donors (Lipinski definition) is 2. The third-order valence-corrected chi connectivity index (χ3v) is 6.26. The summed E-state index contributed by atoms with van der Waals surface area (Å²) in [4.78, 5) is 50.9. The lowest BCUT2D eigenvalue weighted by Crippen LogP contribution is -2.62. The van der Waals surface area contributed by atoms with Gasteiger partial charge >= 0.3 is 5.97 Å². The van der Waals surface area contributed by atoms with E-state index in [1.54, 1.807) is 4.90 Å². The van der Waals surface area contributed by atoms with Crippen LogP contribution in [-0.4, -0.2) is 46.7 Å². The van der Waals surface area contributed by atoms with Crippen molar-refractivity contribution in [1.82, 2.24) is 10.2 Å². The van der Waals surface area contributed by atoms with E-state index in [4.69, 9.17) is 5.11 Å². The Morgan fingerprint density at radius 1 is 1.00 bits per heavy atom. The number of hydrogen-bond acceptors (Lipinski definition) is 4. The molecule has 2 fully saturated rings. The van der Waals surface area contributed by atoms with Crippen molar-refractivity contribution >= 4 is 23.6 Å². The van der Waals surface area contributed by atoms with E-state index in [9.17, 15) is 19.2 Å². The largest absolute Gasteiger partial charge is 0.480 e. The fourth-order valence-corrected chi connectivity index (χ4v) is 4.41. The van der Waals surface area contributed by atoms with Gasteiger partial charge in [-0.2, -0.15) is 0 Å². The Hall–Kier alpha value is -3.48. The lowest BCUT2D eigenvalue weighted by atomic mass is 9.61. The second-order valence-corrected chi connectivity index (χ2v) is 8.30. The smallest absolute Gasteiger partial charge is 0.322 e. The van der Waals surface area contributed by atoms with E-state index in [2.05, 4.69) is 5.32 Å². The lowest BCUT2D eigenvalue weighted by Gasteiger charge is -2.49. The molecule has 0 bridgehead atoms. The number of amides is 2. The van der Waals surface area contributed by atoms with Gasteiger partial charge in [-0.3, -0.25) is 19.2 Å². The zero-order valence-electron chi connectivity index (χ0n) is 17.0. The van der Waals surface area contributed by atoms with Crippen LogP contribution in [0.5, 0.6) is 0 Å². The average Bonchev–Trinajstić information content (AvgIpc) is 2.74. The number of piperidine rings is 1. The molecule has 2 aromatic carbocycles. The summed E-state index contributed by atoms with van der Waals surface area (Å²) in [5.74, 6) is -4.46. The van der Waals surface area contributed by atoms with Gasteiger partial charge in [0.15, 0.2) is 11.7 Å². The van der Waals surface area contributed by atoms with Crippen LogP contribution < -0.4 is 5.32 Å². The number of carboxylic acids is 1. The van der Waals surface area contributed by atoms with E-state index in [1.807, 2.05) is 54.6 Å². The SMILES string of the molecule is O=C(O)CNC(=O)C1C(=O)N(Cc2ccc(-c3ccccc3)cc2)CC2(CCC2)C1=O. The highest BCUT2D eigenvalue weighted by Gasteiger charge is 2.56. The predicted molar refractivity (Wildman–Crippen MR) is 113 cm³/mol. The Morgan fingerprint density at radius 3 is 2.23 bits per heavy atom. The molecule has 2 aliphatic rings. The van der Waals surface area contributed by atoms with Crippen LogP contribution in [0.25, 0.3) is 11.1 Å². The molecule has 7 heteroatoms. The Kier molecular flexibility index (Phi) is 5.59. The molecule has 1 atom stereocenters. The van der Waals surface area contributed by atoms with Crippen molar-refractivity contribution in [2.45, 2.75) is 25.8 Å². The molecule has 0 aromatic heterocycles. The van der Waals surface area contributed by atoms with Crippen LogP contribution in [0.15, 0.2) is 54.6 Å². The van der Waals surface area contributed by atoms with Crippen LogP contribution in [0.4, 0.5) is 0 Å². The minimum Gasteiger partial charge on any atom is -0.480 e. The number of aliphatic carboxylic acids is 1. The monoisotopic (exact) mass is 420 g/mol. The van der Waals surface area contributed by atoms with E-state index < -0.39 is 35.7 Å². The van der Waals surface area contributed by atoms with Gasteiger partial charge in [0.25, 0.3) is 0 Å². The molecule has 1 spiro atoms. The molecule has 4 rings (SSSR count). The Morgan fingerprint density at radius 2 is 1.65 bits per heavy atom. The van der Waals surface area contributed by atoms with Crippen LogP contribution in [0.1, 0.15) is 24.8 Å². The van der Waals surface area contributed by atoms with Crippen molar-refractivity contribution in [2.75, 3.05) is 13.1 Å². The number of rotatable bonds is 6. The maximum atomic E-state index is 13.0. The summed E-state index contributed by atoms with van der Waals surface area (Å²) in [5.41, 5.74) is 2.37. The number of Topliss-reactive ketones (excluding diaryl/α,β-unsaturated/α-hetero) is 1. The van der Waals surface area contributed by atoms with Gasteiger partial charge in [0.1, 0.15) is 6.54 Å². The molecule has 1 saturated carbocycles. The van der Waals surface area contributed by atoms with Crippen molar-refractivity contribution in [1.29, 1.82) is 0 Å². The Labute approximate surface area is 180 Å². The molecule has 160 valence electrons. The van der Waals surface area contributed by atoms with Gasteiger partial charge in [-0.15, -0.1) is 0 Å². The third kappa shape index (κ3) is 4.08. The predicted octanol–water partition coefficient (Wildman–Crippen LogP) is 2.25. The quantitative estimate of drug-likeness (QED) is 0.698. The first-order valence-corrected chi connectivity index (χ1v) is 10.4. The maximum Gasteiger partial charge on any atom is 0.322 e. The summed E-state index contributed by atoms with van der Waals surface area (Å²) >= 11 is 0. The number of nitrogens with one attached hydrogen (secondary N) is 1. The van der Waals surface area contributed by atoms with Crippen LogP contribution in [0, 0.1) is 11.3 Å². The summed E-state index contributed by atoms with van der Waals surface area (Å²) in [6.07, 6.45) is 2.17. The van der Waals surface area contributed by atoms with Crippen LogP contribution >= 0.6 is 0 Å². The Balaban J connectivity index is 1.53. The van der Waals surface area contributed by atoms with Crippen molar-refractivity contribution in [3.8, 4) is 11.1 Å². The minimum atomic E-state index is -1.48. The third-order valence-electron chi connectivity index (χ3n) is 6.26. The van der Waals surface area contributed by atoms with E-state index in [1.165, 1.54) is 0 Å². The number of benzene rings is 2. The van der Waals surface area contributed by atoms with Gasteiger partial charge in [0.2, 0.25) is 11.8 Å². The van der Waals surface area contributed by atoms with Crippen LogP contribution in [0.3, 0.4) is 0 Å². The maximum absolute atomic E-state index is 13.0. The van der Waals surface area contributed by atoms with E-state index >= 15 is 0 Å². The molecular formula is C24H24N2O5. The first-order valence-electron chi connectivity index (χ1n) is 10.4. The molecule has 2 amide bonds. The summed E-state index contributed by atoms with van der Waals surface area (Å²) in [6.45, 7) is -0.0245. The number of carboxylic acid groups (broad SMARTS) is 1. The first kappa shape index (κ1) is 20.8. The van der Waals surface area contributed by atoms with Crippen molar-refractivity contribution in [2.24, 2.45) is 11.3 Å². The molecule has 1 saturated heterocycles. The van der Waals surface area contributed by atoms with Crippen LogP contribution in [-0.2, 0) is 25.7 Å². The molecule has 0 radical (unpaired) electrons. The highest BCUT2D eigenvalue weighted by Crippen LogP contribution is 2.47. The van der Waals surface area contributed by atoms with Crippen LogP contribution in [0.2, 0.25) is 0 Å². The number of likely N-dealkylation sites (tertiary alicyclic amines) is 1. The van der Waals surface area contributed by atoms with Gasteiger partial charge in [-0.1, -0.05) is 61.0 Å². The van der Waals surface area contributed by atoms with Crippen molar-refractivity contribution in [3.05, 3.63) is 60.2 Å². The van der Waals surface area contributed by atoms with E-state index in [-0.39, 0.29) is 5.78 Å². The number of nitrogens with zero attached hydrogens (tertiary/aromatic N) is 1. The molecule has 2 N–H and O–H groups in total. The molecule has 2 aromatic rings. The van der Waals surface area contributed by atoms with Gasteiger partial charge in [0.05, 0.1) is 0 Å². The number of carbonyl (C=O) groups is 4. The standard InChI is InChI=1S/C24H24N2O5/c27-19(28)13-25-22(30)20-21(29)24(11-4-12-24)15-26(23(20)31)14-16-7-9-18(10-8-16)17-5-2-1-3-6-17/h1-3,5-10,20H,4,11-15H2,(H,25,30)(H,27,28). The van der Waals surface area contributed by atoms with Gasteiger partial charge in [-0.05, 0) is 29.5 Å². The van der Waals surface area contributed by atoms with Gasteiger partial charge in [0, 0.05) is 18.5 Å². The first-order chi connectivity index (χ1) is 14.9. The number of ketones is 1. The van der Waals surface area contributed by atoms with E-state index in [0.29, 0.717) is 25.9 Å². The second kappa shape index (κ2) is 8.34. The molecule has 31 heavy (non-hydrogen) atoms. The summed E-state index contributed by atoms with van der Waals surface area (Å²) in [5, 5.41) is 11.0. The lowest BCUT2D eigenvalue weighted by molar-refractivity contribution is -0.164. The highest BCUT2D eigenvalue weighted by molar-refractivity contribution is 6.21. The molecule has 1 unspecified atom stereocenters. The fraction of sp³-hybridized carbons (Fsp3) is 0.333. The normalized spacial score (nSPS) is 19.7. The number of carbonyl (C=O) groups excluding carboxylic acids is 3. The second-order valence-electron chi connectivity index (χ2n) is 8.30. The topological polar surface area (TPSA) is 104 Å². The summed E-state index contributed by atoms with van der Waals surface area (Å²) in [6, 6.07) is 17.8. The fourth-order valence-electron chi connectivity index (χ4n) is 4.41. The molecule has 1 aliphatic heterocycles. The highest BCUT2D eigenvalue weighted by atomic mass is 16.4. The summed E-state index contributed by atoms with van der Waals surface area (Å²) < 4.78 is 0. The van der Waals surface area contributed by atoms with Crippen molar-refractivity contribution < 1.29 is 24.3 Å². The van der Waals surface area contributed by atoms with Gasteiger partial charge in [-0.25, -0.2) is 0 Å². The molecule has 1 aliphatic carbocycles. The zero-order chi connectivity index (χ0) is 22.0. The van der Waals surface area contributed by atoms with E-state index in [0.717, 1.165) is 23.1 Å². The molecular weight excluding hydrogens is 396 g/mol. The van der Waals surface area contributed by atoms with Crippen molar-refractivity contribution in [3.63, 3.8) is 0 Å². The Bertz CT molecular complexity index is 1010. The zero-order valence-corrected chi connectivity index (χ0v) is 17.0. The minimum absolute atomic E-state index is 0.297. The molecule has 7 nitrogen and oxygen atoms in total. The molecule has 1 heterocycles.